The number of rotatable bonds is 6. The van der Waals surface area contributed by atoms with Gasteiger partial charge in [0.2, 0.25) is 13.6 Å². The molecule has 0 radical (unpaired) electrons. The van der Waals surface area contributed by atoms with E-state index in [9.17, 15) is 9.59 Å². The zero-order chi connectivity index (χ0) is 38.8. The first-order valence-electron chi connectivity index (χ1n) is 18.4. The SMILES string of the molecule is COc1ccc2c(c1OC)C(=O)O[C@@H]2[C@H]1c2cc3c(cc2CCN1C)OCO3.COc1ccc2c(c1OC)C(=O)O[C@@H]2[C@H]1c2cc3c(cc2CCN1C)OCO3. The van der Waals surface area contributed by atoms with Crippen LogP contribution in [0.15, 0.2) is 48.5 Å². The van der Waals surface area contributed by atoms with Crippen LogP contribution < -0.4 is 37.9 Å². The number of esters is 2. The highest BCUT2D eigenvalue weighted by atomic mass is 16.7. The molecule has 292 valence electrons. The molecular weight excluding hydrogens is 724 g/mol. The molecule has 4 aromatic rings. The van der Waals surface area contributed by atoms with Crippen molar-refractivity contribution < 1.29 is 57.0 Å². The van der Waals surface area contributed by atoms with E-state index in [1.54, 1.807) is 14.2 Å². The van der Waals surface area contributed by atoms with Crippen LogP contribution in [0.3, 0.4) is 0 Å². The molecule has 0 N–H and O–H groups in total. The zero-order valence-corrected chi connectivity index (χ0v) is 32.0. The van der Waals surface area contributed by atoms with Crippen LogP contribution in [0.5, 0.6) is 46.0 Å². The molecule has 0 unspecified atom stereocenters. The molecule has 14 nitrogen and oxygen atoms in total. The van der Waals surface area contributed by atoms with E-state index in [2.05, 4.69) is 9.80 Å². The lowest BCUT2D eigenvalue weighted by Gasteiger charge is -2.37. The second kappa shape index (κ2) is 14.0. The maximum absolute atomic E-state index is 12.8. The fourth-order valence-electron chi connectivity index (χ4n) is 8.84. The lowest BCUT2D eigenvalue weighted by Crippen LogP contribution is -2.36. The summed E-state index contributed by atoms with van der Waals surface area (Å²) in [4.78, 5) is 29.9. The normalized spacial score (nSPS) is 22.5. The molecule has 56 heavy (non-hydrogen) atoms. The Morgan fingerprint density at radius 2 is 0.929 bits per heavy atom. The van der Waals surface area contributed by atoms with Gasteiger partial charge in [0.25, 0.3) is 0 Å². The maximum atomic E-state index is 12.8. The Morgan fingerprint density at radius 3 is 1.30 bits per heavy atom. The highest BCUT2D eigenvalue weighted by Crippen LogP contribution is 2.53. The lowest BCUT2D eigenvalue weighted by atomic mass is 9.86. The second-order valence-electron chi connectivity index (χ2n) is 14.3. The molecule has 4 atom stereocenters. The van der Waals surface area contributed by atoms with Crippen molar-refractivity contribution in [3.8, 4) is 46.0 Å². The van der Waals surface area contributed by atoms with Crippen molar-refractivity contribution in [3.63, 3.8) is 0 Å². The molecule has 0 bridgehead atoms. The summed E-state index contributed by atoms with van der Waals surface area (Å²) in [5.74, 6) is 4.09. The molecule has 0 amide bonds. The topological polar surface area (TPSA) is 133 Å². The van der Waals surface area contributed by atoms with Gasteiger partial charge in [0.1, 0.15) is 23.3 Å². The Bertz CT molecular complexity index is 2100. The van der Waals surface area contributed by atoms with Crippen LogP contribution in [0.2, 0.25) is 0 Å². The molecule has 14 heteroatoms. The third-order valence-electron chi connectivity index (χ3n) is 11.5. The molecule has 0 spiro atoms. The van der Waals surface area contributed by atoms with E-state index in [1.165, 1.54) is 25.3 Å². The summed E-state index contributed by atoms with van der Waals surface area (Å²) in [6, 6.07) is 15.3. The molecule has 0 aliphatic carbocycles. The van der Waals surface area contributed by atoms with Crippen molar-refractivity contribution in [1.29, 1.82) is 0 Å². The predicted octanol–water partition coefficient (Wildman–Crippen LogP) is 5.75. The molecule has 4 aromatic carbocycles. The van der Waals surface area contributed by atoms with Crippen molar-refractivity contribution in [3.05, 3.63) is 93.0 Å². The summed E-state index contributed by atoms with van der Waals surface area (Å²) >= 11 is 0. The van der Waals surface area contributed by atoms with Crippen molar-refractivity contribution in [1.82, 2.24) is 9.80 Å². The minimum Gasteiger partial charge on any atom is -0.493 e. The van der Waals surface area contributed by atoms with Gasteiger partial charge in [0, 0.05) is 24.2 Å². The Kier molecular flexibility index (Phi) is 8.96. The van der Waals surface area contributed by atoms with Gasteiger partial charge in [-0.15, -0.1) is 0 Å². The molecular formula is C42H42N2O12. The maximum Gasteiger partial charge on any atom is 0.343 e. The van der Waals surface area contributed by atoms with Gasteiger partial charge in [-0.05, 0) is 85.6 Å². The van der Waals surface area contributed by atoms with Gasteiger partial charge in [0.15, 0.2) is 46.0 Å². The van der Waals surface area contributed by atoms with Gasteiger partial charge in [-0.1, -0.05) is 12.1 Å². The van der Waals surface area contributed by atoms with E-state index < -0.39 is 24.1 Å². The number of hydrogen-bond acceptors (Lipinski definition) is 14. The van der Waals surface area contributed by atoms with E-state index in [-0.39, 0.29) is 25.7 Å². The zero-order valence-electron chi connectivity index (χ0n) is 32.0. The van der Waals surface area contributed by atoms with Crippen LogP contribution in [0.1, 0.15) is 78.4 Å². The quantitative estimate of drug-likeness (QED) is 0.221. The summed E-state index contributed by atoms with van der Waals surface area (Å²) in [6.45, 7) is 2.18. The number of nitrogens with zero attached hydrogens (tertiary/aromatic N) is 2. The first-order chi connectivity index (χ1) is 27.2. The lowest BCUT2D eigenvalue weighted by molar-refractivity contribution is 0.00864. The third-order valence-corrected chi connectivity index (χ3v) is 11.5. The monoisotopic (exact) mass is 766 g/mol. The van der Waals surface area contributed by atoms with E-state index >= 15 is 0 Å². The van der Waals surface area contributed by atoms with Crippen LogP contribution in [0.4, 0.5) is 0 Å². The van der Waals surface area contributed by atoms with Gasteiger partial charge in [0.05, 0.1) is 40.5 Å². The summed E-state index contributed by atoms with van der Waals surface area (Å²) in [5.41, 5.74) is 7.07. The van der Waals surface area contributed by atoms with E-state index in [0.717, 1.165) is 71.2 Å². The van der Waals surface area contributed by atoms with E-state index in [0.29, 0.717) is 34.1 Å². The fraction of sp³-hybridized carbons (Fsp3) is 0.381. The van der Waals surface area contributed by atoms with Crippen molar-refractivity contribution >= 4 is 11.9 Å². The highest BCUT2D eigenvalue weighted by molar-refractivity contribution is 5.99. The minimum atomic E-state index is -0.438. The molecule has 0 saturated carbocycles. The largest absolute Gasteiger partial charge is 0.493 e. The molecule has 6 aliphatic heterocycles. The van der Waals surface area contributed by atoms with Crippen LogP contribution in [-0.2, 0) is 22.3 Å². The molecule has 0 fully saturated rings. The van der Waals surface area contributed by atoms with Crippen LogP contribution >= 0.6 is 0 Å². The number of fused-ring (bicyclic) bond motifs is 6. The molecule has 6 aliphatic rings. The first kappa shape index (κ1) is 35.8. The highest BCUT2D eigenvalue weighted by Gasteiger charge is 2.46. The number of methoxy groups -OCH3 is 4. The second-order valence-corrected chi connectivity index (χ2v) is 14.3. The van der Waals surface area contributed by atoms with Gasteiger partial charge in [-0.25, -0.2) is 9.59 Å². The molecule has 6 heterocycles. The number of benzene rings is 4. The molecule has 10 rings (SSSR count). The summed E-state index contributed by atoms with van der Waals surface area (Å²) in [7, 11) is 10.3. The van der Waals surface area contributed by atoms with Gasteiger partial charge < -0.3 is 47.4 Å². The average molecular weight is 767 g/mol. The number of cyclic esters (lactones) is 2. The first-order valence-corrected chi connectivity index (χ1v) is 18.4. The van der Waals surface area contributed by atoms with E-state index in [1.807, 2.05) is 62.6 Å². The Labute approximate surface area is 323 Å². The van der Waals surface area contributed by atoms with E-state index in [4.69, 9.17) is 47.4 Å². The number of likely N-dealkylation sites (N-methyl/N-ethyl adjacent to an activating group) is 2. The number of carbonyl (C=O) groups excluding carboxylic acids is 2. The summed E-state index contributed by atoms with van der Waals surface area (Å²) in [5, 5.41) is 0. The standard InChI is InChI=1S/2C21H21NO6/c2*1-22-7-6-11-8-15-16(27-10-26-15)9-13(11)18(22)19-12-4-5-14(24-2)20(25-3)17(12)21(23)28-19/h2*4-5,8-9,18-19H,6-7,10H2,1-3H3/t2*18-,19+/m11/s1. The summed E-state index contributed by atoms with van der Waals surface area (Å²) in [6.07, 6.45) is 0.926. The van der Waals surface area contributed by atoms with Gasteiger partial charge >= 0.3 is 11.9 Å². The third kappa shape index (κ3) is 5.61. The molecule has 0 saturated heterocycles. The van der Waals surface area contributed by atoms with Gasteiger partial charge in [-0.2, -0.15) is 0 Å². The fourth-order valence-corrected chi connectivity index (χ4v) is 8.84. The number of hydrogen-bond donors (Lipinski definition) is 0. The van der Waals surface area contributed by atoms with Crippen LogP contribution in [0.25, 0.3) is 0 Å². The smallest absolute Gasteiger partial charge is 0.343 e. The number of carbonyl (C=O) groups is 2. The Morgan fingerprint density at radius 1 is 0.536 bits per heavy atom. The Balaban J connectivity index is 0.000000146. The molecule has 0 aromatic heterocycles. The number of ether oxygens (including phenoxy) is 10. The van der Waals surface area contributed by atoms with Crippen molar-refractivity contribution in [2.24, 2.45) is 0 Å². The van der Waals surface area contributed by atoms with Crippen molar-refractivity contribution in [2.75, 3.05) is 69.2 Å². The van der Waals surface area contributed by atoms with Crippen LogP contribution in [-0.4, -0.2) is 90.9 Å². The van der Waals surface area contributed by atoms with Gasteiger partial charge in [-0.3, -0.25) is 9.80 Å². The average Bonchev–Trinajstić information content (AvgIpc) is 4.01. The van der Waals surface area contributed by atoms with Crippen molar-refractivity contribution in [2.45, 2.75) is 37.1 Å². The predicted molar refractivity (Wildman–Crippen MR) is 199 cm³/mol. The Hall–Kier alpha value is -5.86. The summed E-state index contributed by atoms with van der Waals surface area (Å²) < 4.78 is 55.6. The minimum absolute atomic E-state index is 0.124. The van der Waals surface area contributed by atoms with Crippen LogP contribution in [0, 0.1) is 0 Å².